The van der Waals surface area contributed by atoms with Gasteiger partial charge < -0.3 is 25.0 Å². The predicted octanol–water partition coefficient (Wildman–Crippen LogP) is 5.87. The zero-order valence-electron chi connectivity index (χ0n) is 24.4. The summed E-state index contributed by atoms with van der Waals surface area (Å²) >= 11 is 0. The number of halogens is 2. The van der Waals surface area contributed by atoms with Crippen LogP contribution in [0, 0.1) is 11.6 Å². The molecule has 43 heavy (non-hydrogen) atoms. The molecule has 9 nitrogen and oxygen atoms in total. The van der Waals surface area contributed by atoms with Gasteiger partial charge in [-0.3, -0.25) is 9.59 Å². The molecule has 0 radical (unpaired) electrons. The van der Waals surface area contributed by atoms with Crippen molar-refractivity contribution in [1.29, 1.82) is 0 Å². The molecule has 0 fully saturated rings. The number of carbonyl (C=O) groups excluding carboxylic acids is 2. The van der Waals surface area contributed by atoms with Crippen LogP contribution < -0.4 is 20.1 Å². The molecule has 4 aromatic rings. The molecule has 0 saturated heterocycles. The van der Waals surface area contributed by atoms with Crippen LogP contribution in [0.2, 0.25) is 0 Å². The molecule has 0 atom stereocenters. The summed E-state index contributed by atoms with van der Waals surface area (Å²) in [6, 6.07) is 13.5. The molecule has 0 spiro atoms. The predicted molar refractivity (Wildman–Crippen MR) is 157 cm³/mol. The number of carbonyl (C=O) groups is 2. The van der Waals surface area contributed by atoms with Gasteiger partial charge >= 0.3 is 0 Å². The summed E-state index contributed by atoms with van der Waals surface area (Å²) in [7, 11) is 3.08. The lowest BCUT2D eigenvalue weighted by molar-refractivity contribution is 0.0765. The van der Waals surface area contributed by atoms with Gasteiger partial charge in [0.15, 0.2) is 0 Å². The Balaban J connectivity index is 1.51. The van der Waals surface area contributed by atoms with E-state index < -0.39 is 17.2 Å². The van der Waals surface area contributed by atoms with E-state index in [1.807, 2.05) is 26.8 Å². The van der Waals surface area contributed by atoms with E-state index in [9.17, 15) is 18.4 Å². The molecular weight excluding hydrogens is 556 g/mol. The van der Waals surface area contributed by atoms with E-state index >= 15 is 0 Å². The number of ether oxygens (including phenoxy) is 2. The number of benzene rings is 2. The monoisotopic (exact) mass is 587 g/mol. The van der Waals surface area contributed by atoms with Crippen molar-refractivity contribution in [1.82, 2.24) is 20.2 Å². The topological polar surface area (TPSA) is 106 Å². The van der Waals surface area contributed by atoms with Gasteiger partial charge in [0.25, 0.3) is 11.8 Å². The van der Waals surface area contributed by atoms with E-state index in [-0.39, 0.29) is 47.4 Å². The number of methoxy groups -OCH3 is 2. The van der Waals surface area contributed by atoms with Gasteiger partial charge in [-0.1, -0.05) is 6.07 Å². The molecule has 2 amide bonds. The Kier molecular flexibility index (Phi) is 7.99. The lowest BCUT2D eigenvalue weighted by Crippen LogP contribution is -2.40. The average Bonchev–Trinajstić information content (AvgIpc) is 3.27. The number of fused-ring (bicyclic) bond motifs is 1. The third kappa shape index (κ3) is 6.25. The molecule has 2 N–H and O–H groups in total. The first-order valence-corrected chi connectivity index (χ1v) is 13.5. The Morgan fingerprint density at radius 1 is 1.00 bits per heavy atom. The van der Waals surface area contributed by atoms with Crippen LogP contribution in [-0.2, 0) is 13.1 Å². The number of aromatic nitrogens is 2. The quantitative estimate of drug-likeness (QED) is 0.266. The Bertz CT molecular complexity index is 1680. The average molecular weight is 588 g/mol. The number of hydrogen-bond acceptors (Lipinski definition) is 7. The van der Waals surface area contributed by atoms with Gasteiger partial charge in [0.05, 0.1) is 61.1 Å². The first-order chi connectivity index (χ1) is 20.5. The first-order valence-electron chi connectivity index (χ1n) is 13.5. The smallest absolute Gasteiger partial charge is 0.258 e. The van der Waals surface area contributed by atoms with Crippen molar-refractivity contribution >= 4 is 23.3 Å². The van der Waals surface area contributed by atoms with Crippen LogP contribution in [0.15, 0.2) is 60.8 Å². The molecule has 1 aliphatic heterocycles. The second-order valence-corrected chi connectivity index (χ2v) is 11.1. The van der Waals surface area contributed by atoms with Crippen LogP contribution in [0.1, 0.15) is 52.7 Å². The largest absolute Gasteiger partial charge is 0.497 e. The summed E-state index contributed by atoms with van der Waals surface area (Å²) in [6.07, 6.45) is 1.41. The molecular formula is C32H31F2N5O4. The molecule has 0 bridgehead atoms. The molecule has 5 rings (SSSR count). The van der Waals surface area contributed by atoms with Crippen LogP contribution in [0.25, 0.3) is 11.3 Å². The zero-order valence-corrected chi connectivity index (χ0v) is 24.4. The van der Waals surface area contributed by atoms with E-state index in [0.29, 0.717) is 28.6 Å². The van der Waals surface area contributed by atoms with Crippen molar-refractivity contribution < 1.29 is 27.8 Å². The summed E-state index contributed by atoms with van der Waals surface area (Å²) in [6.45, 7) is 5.92. The van der Waals surface area contributed by atoms with Crippen molar-refractivity contribution in [2.75, 3.05) is 19.5 Å². The first kappa shape index (κ1) is 29.4. The van der Waals surface area contributed by atoms with E-state index in [0.717, 1.165) is 17.7 Å². The third-order valence-corrected chi connectivity index (χ3v) is 6.79. The number of nitrogens with zero attached hydrogens (tertiary/aromatic N) is 3. The summed E-state index contributed by atoms with van der Waals surface area (Å²) in [5, 5.41) is 5.98. The van der Waals surface area contributed by atoms with Gasteiger partial charge in [0, 0.05) is 23.4 Å². The lowest BCUT2D eigenvalue weighted by Gasteiger charge is -2.20. The fourth-order valence-corrected chi connectivity index (χ4v) is 4.80. The number of anilines is 2. The minimum absolute atomic E-state index is 0.0229. The molecule has 2 aromatic carbocycles. The summed E-state index contributed by atoms with van der Waals surface area (Å²) in [5.74, 6) is -0.703. The molecule has 0 unspecified atom stereocenters. The van der Waals surface area contributed by atoms with Gasteiger partial charge in [-0.2, -0.15) is 0 Å². The molecule has 222 valence electrons. The van der Waals surface area contributed by atoms with Crippen molar-refractivity contribution in [2.24, 2.45) is 0 Å². The van der Waals surface area contributed by atoms with E-state index in [2.05, 4.69) is 20.6 Å². The number of hydrogen-bond donors (Lipinski definition) is 2. The minimum atomic E-state index is -0.783. The van der Waals surface area contributed by atoms with Gasteiger partial charge in [-0.15, -0.1) is 0 Å². The molecule has 0 saturated carbocycles. The maximum Gasteiger partial charge on any atom is 0.258 e. The second-order valence-electron chi connectivity index (χ2n) is 11.1. The highest BCUT2D eigenvalue weighted by Gasteiger charge is 2.33. The lowest BCUT2D eigenvalue weighted by atomic mass is 10.1. The third-order valence-electron chi connectivity index (χ3n) is 6.79. The van der Waals surface area contributed by atoms with Crippen molar-refractivity contribution in [3.63, 3.8) is 0 Å². The Hall–Kier alpha value is -5.06. The van der Waals surface area contributed by atoms with Crippen LogP contribution in [0.4, 0.5) is 20.3 Å². The highest BCUT2D eigenvalue weighted by Crippen LogP contribution is 2.37. The number of pyridine rings is 2. The summed E-state index contributed by atoms with van der Waals surface area (Å²) in [5.41, 5.74) is 1.26. The Morgan fingerprint density at radius 3 is 2.37 bits per heavy atom. The molecule has 3 heterocycles. The Labute approximate surface area is 247 Å². The Morgan fingerprint density at radius 2 is 1.74 bits per heavy atom. The van der Waals surface area contributed by atoms with E-state index in [1.54, 1.807) is 36.3 Å². The molecule has 0 aliphatic carbocycles. The number of amides is 2. The minimum Gasteiger partial charge on any atom is -0.497 e. The van der Waals surface area contributed by atoms with Gasteiger partial charge in [-0.25, -0.2) is 18.7 Å². The molecule has 1 aliphatic rings. The highest BCUT2D eigenvalue weighted by atomic mass is 19.1. The maximum atomic E-state index is 14.8. The van der Waals surface area contributed by atoms with Gasteiger partial charge in [-0.05, 0) is 63.2 Å². The SMILES string of the molecule is COc1ccc(CN2Cc3nc(-c4c(F)cccc4F)cc(Nc4ccc(C(=O)NC(C)(C)C)cn4)c3C2=O)c(OC)c1. The van der Waals surface area contributed by atoms with Gasteiger partial charge in [0.2, 0.25) is 0 Å². The number of nitrogens with one attached hydrogen (secondary N) is 2. The van der Waals surface area contributed by atoms with Crippen LogP contribution in [-0.4, -0.2) is 46.4 Å². The zero-order chi connectivity index (χ0) is 30.9. The standard InChI is InChI=1S/C32H31F2N5O4/c1-32(2,3)38-30(40)18-10-12-27(35-15-18)37-24-14-23(28-21(33)7-6-8-22(28)34)36-25-17-39(31(41)29(24)25)16-19-9-11-20(42-4)13-26(19)43-5/h6-15H,16-17H2,1-5H3,(H,38,40)(H,35,36,37). The normalized spacial score (nSPS) is 12.6. The van der Waals surface area contributed by atoms with E-state index in [1.165, 1.54) is 25.4 Å². The molecule has 2 aromatic heterocycles. The van der Waals surface area contributed by atoms with Crippen LogP contribution in [0.3, 0.4) is 0 Å². The maximum absolute atomic E-state index is 14.8. The second kappa shape index (κ2) is 11.7. The fourth-order valence-electron chi connectivity index (χ4n) is 4.80. The summed E-state index contributed by atoms with van der Waals surface area (Å²) in [4.78, 5) is 36.7. The van der Waals surface area contributed by atoms with Gasteiger partial charge in [0.1, 0.15) is 29.0 Å². The molecule has 11 heteroatoms. The highest BCUT2D eigenvalue weighted by molar-refractivity contribution is 6.04. The van der Waals surface area contributed by atoms with Crippen molar-refractivity contribution in [2.45, 2.75) is 39.4 Å². The summed E-state index contributed by atoms with van der Waals surface area (Å²) < 4.78 is 40.4. The van der Waals surface area contributed by atoms with Crippen LogP contribution in [0.5, 0.6) is 11.5 Å². The van der Waals surface area contributed by atoms with Crippen molar-refractivity contribution in [3.05, 3.63) is 94.8 Å². The van der Waals surface area contributed by atoms with Crippen molar-refractivity contribution in [3.8, 4) is 22.8 Å². The fraction of sp³-hybridized carbons (Fsp3) is 0.250. The van der Waals surface area contributed by atoms with E-state index in [4.69, 9.17) is 9.47 Å². The number of rotatable bonds is 8. The van der Waals surface area contributed by atoms with Crippen LogP contribution >= 0.6 is 0 Å².